The first kappa shape index (κ1) is 15.6. The number of hydrogen-bond donors (Lipinski definition) is 1. The van der Waals surface area contributed by atoms with E-state index in [-0.39, 0.29) is 6.04 Å². The van der Waals surface area contributed by atoms with Gasteiger partial charge in [0.2, 0.25) is 0 Å². The largest absolute Gasteiger partial charge is 0.457 e. The lowest BCUT2D eigenvalue weighted by atomic mass is 9.97. The Labute approximate surface area is 127 Å². The molecule has 112 valence electrons. The van der Waals surface area contributed by atoms with Crippen molar-refractivity contribution in [1.29, 1.82) is 0 Å². The van der Waals surface area contributed by atoms with Gasteiger partial charge in [0, 0.05) is 11.6 Å². The van der Waals surface area contributed by atoms with E-state index < -0.39 is 0 Å². The third-order valence-electron chi connectivity index (χ3n) is 4.04. The molecule has 0 aromatic heterocycles. The lowest BCUT2D eigenvalue weighted by Gasteiger charge is -2.19. The van der Waals surface area contributed by atoms with Crippen molar-refractivity contribution in [2.24, 2.45) is 5.73 Å². The molecule has 2 N–H and O–H groups in total. The minimum absolute atomic E-state index is 0.0111. The van der Waals surface area contributed by atoms with Crippen LogP contribution in [-0.4, -0.2) is 0 Å². The average molecular weight is 283 g/mol. The smallest absolute Gasteiger partial charge is 0.132 e. The van der Waals surface area contributed by atoms with E-state index in [0.29, 0.717) is 5.92 Å². The van der Waals surface area contributed by atoms with Gasteiger partial charge in [-0.2, -0.15) is 0 Å². The lowest BCUT2D eigenvalue weighted by molar-refractivity contribution is 0.458. The quantitative estimate of drug-likeness (QED) is 0.770. The number of rotatable bonds is 6. The van der Waals surface area contributed by atoms with Crippen LogP contribution in [0.4, 0.5) is 0 Å². The predicted molar refractivity (Wildman–Crippen MR) is 88.9 cm³/mol. The number of nitrogens with two attached hydrogens (primary N) is 1. The molecule has 0 aliphatic carbocycles. The highest BCUT2D eigenvalue weighted by molar-refractivity contribution is 5.43. The summed E-state index contributed by atoms with van der Waals surface area (Å²) in [5.74, 6) is 2.28. The van der Waals surface area contributed by atoms with Gasteiger partial charge in [-0.25, -0.2) is 0 Å². The second-order valence-electron chi connectivity index (χ2n) is 5.50. The van der Waals surface area contributed by atoms with Crippen LogP contribution in [0.15, 0.2) is 48.5 Å². The first-order chi connectivity index (χ1) is 10.2. The molecule has 0 bridgehead atoms. The highest BCUT2D eigenvalue weighted by Crippen LogP contribution is 2.35. The molecule has 0 saturated heterocycles. The topological polar surface area (TPSA) is 35.2 Å². The van der Waals surface area contributed by atoms with E-state index in [4.69, 9.17) is 10.5 Å². The number of para-hydroxylation sites is 2. The summed E-state index contributed by atoms with van der Waals surface area (Å²) >= 11 is 0. The third-order valence-corrected chi connectivity index (χ3v) is 4.04. The van der Waals surface area contributed by atoms with Gasteiger partial charge < -0.3 is 10.5 Å². The molecule has 0 saturated carbocycles. The summed E-state index contributed by atoms with van der Waals surface area (Å²) in [5.41, 5.74) is 8.51. The highest BCUT2D eigenvalue weighted by atomic mass is 16.5. The summed E-state index contributed by atoms with van der Waals surface area (Å²) < 4.78 is 6.21. The molecule has 0 spiro atoms. The van der Waals surface area contributed by atoms with Crippen LogP contribution in [0.5, 0.6) is 11.5 Å². The molecule has 0 radical (unpaired) electrons. The maximum Gasteiger partial charge on any atom is 0.132 e. The molecule has 2 aromatic carbocycles. The van der Waals surface area contributed by atoms with Crippen molar-refractivity contribution >= 4 is 0 Å². The van der Waals surface area contributed by atoms with Crippen molar-refractivity contribution in [2.75, 3.05) is 0 Å². The van der Waals surface area contributed by atoms with Gasteiger partial charge in [0.15, 0.2) is 0 Å². The zero-order valence-electron chi connectivity index (χ0n) is 13.2. The van der Waals surface area contributed by atoms with Crippen LogP contribution in [0.25, 0.3) is 0 Å². The van der Waals surface area contributed by atoms with Gasteiger partial charge in [-0.3, -0.25) is 0 Å². The van der Waals surface area contributed by atoms with Gasteiger partial charge in [-0.15, -0.1) is 0 Å². The standard InChI is InChI=1S/C19H25NO/c1-4-14(3)15-10-6-8-12-18(15)21-19-13-9-7-11-16(19)17(20)5-2/h6-14,17H,4-5,20H2,1-3H3. The molecular formula is C19H25NO. The summed E-state index contributed by atoms with van der Waals surface area (Å²) in [5, 5.41) is 0. The van der Waals surface area contributed by atoms with Crippen molar-refractivity contribution in [3.8, 4) is 11.5 Å². The zero-order valence-corrected chi connectivity index (χ0v) is 13.2. The molecule has 2 heteroatoms. The van der Waals surface area contributed by atoms with E-state index in [1.807, 2.05) is 30.3 Å². The Balaban J connectivity index is 2.35. The molecule has 2 rings (SSSR count). The Morgan fingerprint density at radius 2 is 1.38 bits per heavy atom. The Morgan fingerprint density at radius 1 is 0.857 bits per heavy atom. The molecule has 0 aliphatic heterocycles. The van der Waals surface area contributed by atoms with Crippen LogP contribution in [0.1, 0.15) is 56.7 Å². The molecule has 2 unspecified atom stereocenters. The second kappa shape index (κ2) is 7.28. The SMILES string of the molecule is CCC(C)c1ccccc1Oc1ccccc1C(N)CC. The fourth-order valence-corrected chi connectivity index (χ4v) is 2.42. The third kappa shape index (κ3) is 3.64. The van der Waals surface area contributed by atoms with Gasteiger partial charge in [0.1, 0.15) is 11.5 Å². The minimum atomic E-state index is 0.0111. The van der Waals surface area contributed by atoms with Crippen LogP contribution >= 0.6 is 0 Å². The lowest BCUT2D eigenvalue weighted by Crippen LogP contribution is -2.10. The fourth-order valence-electron chi connectivity index (χ4n) is 2.42. The van der Waals surface area contributed by atoms with Crippen LogP contribution in [-0.2, 0) is 0 Å². The maximum absolute atomic E-state index is 6.21. The van der Waals surface area contributed by atoms with Crippen LogP contribution in [0.3, 0.4) is 0 Å². The van der Waals surface area contributed by atoms with Crippen LogP contribution in [0.2, 0.25) is 0 Å². The summed E-state index contributed by atoms with van der Waals surface area (Å²) in [7, 11) is 0. The zero-order chi connectivity index (χ0) is 15.2. The Bertz CT molecular complexity index is 528. The minimum Gasteiger partial charge on any atom is -0.457 e. The molecule has 0 amide bonds. The molecule has 0 heterocycles. The average Bonchev–Trinajstić information content (AvgIpc) is 2.54. The summed E-state index contributed by atoms with van der Waals surface area (Å²) in [4.78, 5) is 0. The van der Waals surface area contributed by atoms with Gasteiger partial charge in [0.05, 0.1) is 0 Å². The van der Waals surface area contributed by atoms with E-state index in [9.17, 15) is 0 Å². The molecule has 2 atom stereocenters. The molecule has 0 aliphatic rings. The fraction of sp³-hybridized carbons (Fsp3) is 0.368. The molecule has 21 heavy (non-hydrogen) atoms. The van der Waals surface area contributed by atoms with Crippen molar-refractivity contribution in [1.82, 2.24) is 0 Å². The van der Waals surface area contributed by atoms with E-state index in [0.717, 1.165) is 29.9 Å². The van der Waals surface area contributed by atoms with E-state index in [2.05, 4.69) is 39.0 Å². The molecular weight excluding hydrogens is 258 g/mol. The normalized spacial score (nSPS) is 13.7. The Hall–Kier alpha value is -1.80. The Kier molecular flexibility index (Phi) is 5.40. The molecule has 0 fully saturated rings. The van der Waals surface area contributed by atoms with Crippen LogP contribution in [0, 0.1) is 0 Å². The van der Waals surface area contributed by atoms with Crippen molar-refractivity contribution in [3.63, 3.8) is 0 Å². The van der Waals surface area contributed by atoms with Crippen LogP contribution < -0.4 is 10.5 Å². The van der Waals surface area contributed by atoms with Crippen molar-refractivity contribution in [3.05, 3.63) is 59.7 Å². The maximum atomic E-state index is 6.21. The summed E-state index contributed by atoms with van der Waals surface area (Å²) in [6, 6.07) is 16.3. The van der Waals surface area contributed by atoms with E-state index in [1.165, 1.54) is 5.56 Å². The summed E-state index contributed by atoms with van der Waals surface area (Å²) in [6.45, 7) is 6.52. The monoisotopic (exact) mass is 283 g/mol. The van der Waals surface area contributed by atoms with Crippen molar-refractivity contribution in [2.45, 2.75) is 45.6 Å². The van der Waals surface area contributed by atoms with Gasteiger partial charge >= 0.3 is 0 Å². The molecule has 2 nitrogen and oxygen atoms in total. The first-order valence-corrected chi connectivity index (χ1v) is 7.78. The number of hydrogen-bond acceptors (Lipinski definition) is 2. The Morgan fingerprint density at radius 3 is 1.95 bits per heavy atom. The van der Waals surface area contributed by atoms with E-state index in [1.54, 1.807) is 0 Å². The highest BCUT2D eigenvalue weighted by Gasteiger charge is 2.14. The number of ether oxygens (including phenoxy) is 1. The number of benzene rings is 2. The predicted octanol–water partition coefficient (Wildman–Crippen LogP) is 5.40. The van der Waals surface area contributed by atoms with Gasteiger partial charge in [-0.05, 0) is 36.5 Å². The molecule has 2 aromatic rings. The first-order valence-electron chi connectivity index (χ1n) is 7.78. The second-order valence-corrected chi connectivity index (χ2v) is 5.50. The van der Waals surface area contributed by atoms with Gasteiger partial charge in [-0.1, -0.05) is 57.2 Å². The van der Waals surface area contributed by atoms with Crippen molar-refractivity contribution < 1.29 is 4.74 Å². The summed E-state index contributed by atoms with van der Waals surface area (Å²) in [6.07, 6.45) is 1.99. The van der Waals surface area contributed by atoms with E-state index >= 15 is 0 Å². The van der Waals surface area contributed by atoms with Gasteiger partial charge in [0.25, 0.3) is 0 Å².